The van der Waals surface area contributed by atoms with Gasteiger partial charge in [0.25, 0.3) is 0 Å². The first-order chi connectivity index (χ1) is 14.4. The second-order valence-electron chi connectivity index (χ2n) is 8.80. The van der Waals surface area contributed by atoms with Crippen LogP contribution in [0.2, 0.25) is 0 Å². The molecule has 2 bridgehead atoms. The number of halogens is 1. The van der Waals surface area contributed by atoms with E-state index in [1.807, 2.05) is 49.4 Å². The van der Waals surface area contributed by atoms with Crippen molar-refractivity contribution in [2.24, 2.45) is 11.8 Å². The molecule has 1 saturated heterocycles. The second kappa shape index (κ2) is 5.92. The Morgan fingerprint density at radius 3 is 2.07 bits per heavy atom. The lowest BCUT2D eigenvalue weighted by atomic mass is 9.48. The number of rotatable bonds is 1. The van der Waals surface area contributed by atoms with Crippen molar-refractivity contribution in [1.82, 2.24) is 0 Å². The molecule has 3 aromatic rings. The van der Waals surface area contributed by atoms with E-state index in [2.05, 4.69) is 47.1 Å². The average molecular weight is 458 g/mol. The van der Waals surface area contributed by atoms with Crippen LogP contribution in [-0.2, 0) is 15.0 Å². The van der Waals surface area contributed by atoms with Gasteiger partial charge in [0.15, 0.2) is 0 Å². The van der Waals surface area contributed by atoms with Gasteiger partial charge in [0.1, 0.15) is 0 Å². The normalized spacial score (nSPS) is 28.4. The topological polar surface area (TPSA) is 37.4 Å². The largest absolute Gasteiger partial charge is 0.274 e. The molecular formula is C26H20BrNO2. The SMILES string of the molecule is Cc1ccc(N2C(=O)[C@@H]3[C@@H](C2=O)C2c4ccccc4C3(C)c3ccccc32)cc1Br. The Labute approximate surface area is 183 Å². The summed E-state index contributed by atoms with van der Waals surface area (Å²) < 4.78 is 0.899. The van der Waals surface area contributed by atoms with Crippen molar-refractivity contribution >= 4 is 33.4 Å². The summed E-state index contributed by atoms with van der Waals surface area (Å²) in [6.45, 7) is 4.15. The second-order valence-corrected chi connectivity index (χ2v) is 9.66. The van der Waals surface area contributed by atoms with Crippen LogP contribution in [0.15, 0.2) is 71.2 Å². The molecule has 0 aromatic heterocycles. The maximum atomic E-state index is 13.9. The predicted octanol–water partition coefficient (Wildman–Crippen LogP) is 5.33. The molecule has 3 nitrogen and oxygen atoms in total. The first-order valence-electron chi connectivity index (χ1n) is 10.3. The number of hydrogen-bond donors (Lipinski definition) is 0. The van der Waals surface area contributed by atoms with Crippen LogP contribution in [0.5, 0.6) is 0 Å². The molecule has 0 spiro atoms. The number of aryl methyl sites for hydroxylation is 1. The molecule has 30 heavy (non-hydrogen) atoms. The van der Waals surface area contributed by atoms with E-state index >= 15 is 0 Å². The highest BCUT2D eigenvalue weighted by molar-refractivity contribution is 9.10. The van der Waals surface area contributed by atoms with Gasteiger partial charge in [-0.2, -0.15) is 0 Å². The summed E-state index contributed by atoms with van der Waals surface area (Å²) in [6, 6.07) is 22.4. The molecule has 0 radical (unpaired) electrons. The zero-order valence-electron chi connectivity index (χ0n) is 16.7. The molecule has 3 aromatic carbocycles. The van der Waals surface area contributed by atoms with E-state index in [0.29, 0.717) is 5.69 Å². The third kappa shape index (κ3) is 2.00. The molecule has 1 fully saturated rings. The fourth-order valence-electron chi connectivity index (χ4n) is 6.13. The van der Waals surface area contributed by atoms with Crippen LogP contribution < -0.4 is 4.90 Å². The zero-order chi connectivity index (χ0) is 20.8. The van der Waals surface area contributed by atoms with Crippen molar-refractivity contribution < 1.29 is 9.59 Å². The Hall–Kier alpha value is -2.72. The summed E-state index contributed by atoms with van der Waals surface area (Å²) in [5.41, 5.74) is 5.94. The van der Waals surface area contributed by atoms with E-state index in [1.165, 1.54) is 27.2 Å². The van der Waals surface area contributed by atoms with Gasteiger partial charge >= 0.3 is 0 Å². The van der Waals surface area contributed by atoms with Gasteiger partial charge in [-0.3, -0.25) is 9.59 Å². The van der Waals surface area contributed by atoms with E-state index in [0.717, 1.165) is 10.0 Å². The predicted molar refractivity (Wildman–Crippen MR) is 120 cm³/mol. The quantitative estimate of drug-likeness (QED) is 0.463. The lowest BCUT2D eigenvalue weighted by molar-refractivity contribution is -0.123. The third-order valence-electron chi connectivity index (χ3n) is 7.46. The van der Waals surface area contributed by atoms with Gasteiger partial charge in [0, 0.05) is 15.8 Å². The number of benzene rings is 3. The summed E-state index contributed by atoms with van der Waals surface area (Å²) in [7, 11) is 0. The standard InChI is InChI=1S/C26H20BrNO2/c1-14-11-12-15(13-20(14)27)28-24(29)22-21-16-7-3-5-9-18(16)26(2,23(22)25(28)30)19-10-6-4-8-17(19)21/h3-13,21-23H,1-2H3/t21?,22-,23-,26?/m0/s1. The number of amides is 2. The number of nitrogens with zero attached hydrogens (tertiary/aromatic N) is 1. The molecule has 0 unspecified atom stereocenters. The van der Waals surface area contributed by atoms with Crippen molar-refractivity contribution in [3.8, 4) is 0 Å². The molecule has 4 heteroatoms. The maximum absolute atomic E-state index is 13.9. The van der Waals surface area contributed by atoms with Crippen molar-refractivity contribution in [2.45, 2.75) is 25.2 Å². The van der Waals surface area contributed by atoms with Crippen LogP contribution in [0.1, 0.15) is 40.7 Å². The fourth-order valence-corrected chi connectivity index (χ4v) is 6.49. The Balaban J connectivity index is 1.60. The number of anilines is 1. The first kappa shape index (κ1) is 18.1. The number of carbonyl (C=O) groups excluding carboxylic acids is 2. The zero-order valence-corrected chi connectivity index (χ0v) is 18.3. The summed E-state index contributed by atoms with van der Waals surface area (Å²) in [5, 5.41) is 0. The summed E-state index contributed by atoms with van der Waals surface area (Å²) >= 11 is 3.55. The van der Waals surface area contributed by atoms with Crippen LogP contribution in [-0.4, -0.2) is 11.8 Å². The number of hydrogen-bond acceptors (Lipinski definition) is 2. The minimum absolute atomic E-state index is 0.0824. The fraction of sp³-hybridized carbons (Fsp3) is 0.231. The van der Waals surface area contributed by atoms with Crippen LogP contribution >= 0.6 is 15.9 Å². The van der Waals surface area contributed by atoms with Gasteiger partial charge < -0.3 is 0 Å². The Bertz CT molecular complexity index is 1220. The van der Waals surface area contributed by atoms with Gasteiger partial charge in [-0.25, -0.2) is 4.90 Å². The molecule has 1 aliphatic heterocycles. The molecule has 2 atom stereocenters. The van der Waals surface area contributed by atoms with Crippen LogP contribution in [0, 0.1) is 18.8 Å². The molecule has 7 rings (SSSR count). The lowest BCUT2D eigenvalue weighted by Crippen LogP contribution is -2.51. The smallest absolute Gasteiger partial charge is 0.238 e. The van der Waals surface area contributed by atoms with E-state index in [1.54, 1.807) is 0 Å². The van der Waals surface area contributed by atoms with E-state index in [4.69, 9.17) is 0 Å². The third-order valence-corrected chi connectivity index (χ3v) is 8.31. The van der Waals surface area contributed by atoms with E-state index < -0.39 is 5.41 Å². The molecule has 0 saturated carbocycles. The average Bonchev–Trinajstić information content (AvgIpc) is 3.02. The molecule has 4 aliphatic rings. The van der Waals surface area contributed by atoms with Crippen molar-refractivity contribution in [3.63, 3.8) is 0 Å². The van der Waals surface area contributed by atoms with Crippen LogP contribution in [0.3, 0.4) is 0 Å². The Kier molecular flexibility index (Phi) is 3.57. The molecule has 148 valence electrons. The molecular weight excluding hydrogens is 438 g/mol. The van der Waals surface area contributed by atoms with E-state index in [-0.39, 0.29) is 29.6 Å². The van der Waals surface area contributed by atoms with Crippen molar-refractivity contribution in [2.75, 3.05) is 4.90 Å². The maximum Gasteiger partial charge on any atom is 0.238 e. The Morgan fingerprint density at radius 2 is 1.47 bits per heavy atom. The highest BCUT2D eigenvalue weighted by Crippen LogP contribution is 2.64. The van der Waals surface area contributed by atoms with Crippen LogP contribution in [0.25, 0.3) is 0 Å². The monoisotopic (exact) mass is 457 g/mol. The first-order valence-corrected chi connectivity index (χ1v) is 11.1. The van der Waals surface area contributed by atoms with Crippen molar-refractivity contribution in [1.29, 1.82) is 0 Å². The minimum atomic E-state index is -0.518. The number of imide groups is 1. The minimum Gasteiger partial charge on any atom is -0.274 e. The van der Waals surface area contributed by atoms with Gasteiger partial charge in [-0.05, 0) is 46.9 Å². The highest BCUT2D eigenvalue weighted by Gasteiger charge is 2.66. The van der Waals surface area contributed by atoms with Gasteiger partial charge in [-0.15, -0.1) is 0 Å². The van der Waals surface area contributed by atoms with Gasteiger partial charge in [0.05, 0.1) is 17.5 Å². The molecule has 2 amide bonds. The highest BCUT2D eigenvalue weighted by atomic mass is 79.9. The van der Waals surface area contributed by atoms with Gasteiger partial charge in [0.2, 0.25) is 11.8 Å². The summed E-state index contributed by atoms with van der Waals surface area (Å²) in [6.07, 6.45) is 0. The number of carbonyl (C=O) groups is 2. The van der Waals surface area contributed by atoms with E-state index in [9.17, 15) is 9.59 Å². The Morgan fingerprint density at radius 1 is 0.867 bits per heavy atom. The summed E-state index contributed by atoms with van der Waals surface area (Å²) in [5.74, 6) is -1.01. The molecule has 3 aliphatic carbocycles. The van der Waals surface area contributed by atoms with Gasteiger partial charge in [-0.1, -0.05) is 77.5 Å². The molecule has 1 heterocycles. The molecule has 0 N–H and O–H groups in total. The van der Waals surface area contributed by atoms with Crippen LogP contribution in [0.4, 0.5) is 5.69 Å². The van der Waals surface area contributed by atoms with Crippen molar-refractivity contribution in [3.05, 3.63) is 99.0 Å². The lowest BCUT2D eigenvalue weighted by Gasteiger charge is -2.52. The summed E-state index contributed by atoms with van der Waals surface area (Å²) in [4.78, 5) is 29.1.